The van der Waals surface area contributed by atoms with Crippen molar-refractivity contribution in [2.75, 3.05) is 6.79 Å². The zero-order valence-electron chi connectivity index (χ0n) is 25.0. The number of H-pyrrole nitrogens is 1. The summed E-state index contributed by atoms with van der Waals surface area (Å²) in [7, 11) is 0. The number of nitrogens with two attached hydrogens (primary N) is 1. The van der Waals surface area contributed by atoms with Gasteiger partial charge in [-0.1, -0.05) is 18.2 Å². The van der Waals surface area contributed by atoms with Crippen molar-refractivity contribution in [3.8, 4) is 5.75 Å². The quantitative estimate of drug-likeness (QED) is 0.0988. The second kappa shape index (κ2) is 13.5. The number of carbonyl (C=O) groups excluding carboxylic acids is 4. The smallest absolute Gasteiger partial charge is 0.419 e. The summed E-state index contributed by atoms with van der Waals surface area (Å²) in [5, 5.41) is 12.3. The number of aliphatic imine (C=N–C) groups is 1. The zero-order chi connectivity index (χ0) is 32.1. The lowest BCUT2D eigenvalue weighted by Crippen LogP contribution is -2.75. The molecular weight excluding hydrogens is 580 g/mol. The predicted octanol–water partition coefficient (Wildman–Crippen LogP) is 1.86. The van der Waals surface area contributed by atoms with E-state index in [-0.39, 0.29) is 35.7 Å². The van der Waals surface area contributed by atoms with Crippen molar-refractivity contribution in [3.63, 3.8) is 0 Å². The molecule has 0 radical (unpaired) electrons. The molecule has 45 heavy (non-hydrogen) atoms. The van der Waals surface area contributed by atoms with Crippen LogP contribution in [0.1, 0.15) is 68.8 Å². The van der Waals surface area contributed by atoms with Crippen LogP contribution >= 0.6 is 0 Å². The van der Waals surface area contributed by atoms with Crippen LogP contribution in [0, 0.1) is 13.8 Å². The summed E-state index contributed by atoms with van der Waals surface area (Å²) < 4.78 is 10.2. The SMILES string of the molecule is Cc1ccc(C(=O)NC2CC2)cc1N=C([NH+]=CN)c1[nH]cc(C(=O)N(C(=O)OCOC(=O)Cc2ccc(O)cc2)C2CC2)c1C. The second-order valence-corrected chi connectivity index (χ2v) is 11.0. The average Bonchev–Trinajstić information content (AvgIpc) is 3.95. The predicted molar refractivity (Wildman–Crippen MR) is 163 cm³/mol. The number of phenolic OH excluding ortho intramolecular Hbond substituents is 1. The van der Waals surface area contributed by atoms with E-state index in [1.807, 2.05) is 13.0 Å². The van der Waals surface area contributed by atoms with Crippen LogP contribution < -0.4 is 16.0 Å². The van der Waals surface area contributed by atoms with Gasteiger partial charge in [-0.3, -0.25) is 14.4 Å². The van der Waals surface area contributed by atoms with Gasteiger partial charge in [0.1, 0.15) is 17.1 Å². The van der Waals surface area contributed by atoms with Crippen LogP contribution in [0.2, 0.25) is 0 Å². The Morgan fingerprint density at radius 2 is 1.82 bits per heavy atom. The van der Waals surface area contributed by atoms with Crippen molar-refractivity contribution in [2.45, 2.75) is 58.0 Å². The summed E-state index contributed by atoms with van der Waals surface area (Å²) in [5.74, 6) is -1.01. The van der Waals surface area contributed by atoms with Gasteiger partial charge in [0.15, 0.2) is 6.34 Å². The highest BCUT2D eigenvalue weighted by molar-refractivity contribution is 6.07. The number of nitrogens with one attached hydrogen (secondary N) is 3. The fourth-order valence-electron chi connectivity index (χ4n) is 4.60. The van der Waals surface area contributed by atoms with Crippen LogP contribution in [0.4, 0.5) is 10.5 Å². The molecule has 2 aliphatic carbocycles. The third-order valence-electron chi connectivity index (χ3n) is 7.46. The largest absolute Gasteiger partial charge is 0.508 e. The number of aromatic nitrogens is 1. The highest BCUT2D eigenvalue weighted by Crippen LogP contribution is 2.30. The third kappa shape index (κ3) is 7.74. The first kappa shape index (κ1) is 31.0. The normalized spacial score (nSPS) is 14.7. The monoisotopic (exact) mass is 615 g/mol. The second-order valence-electron chi connectivity index (χ2n) is 11.0. The number of nitrogens with zero attached hydrogens (tertiary/aromatic N) is 2. The number of aryl methyl sites for hydroxylation is 1. The van der Waals surface area contributed by atoms with E-state index in [1.54, 1.807) is 31.2 Å². The van der Waals surface area contributed by atoms with Crippen molar-refractivity contribution in [1.29, 1.82) is 0 Å². The molecule has 0 aliphatic heterocycles. The van der Waals surface area contributed by atoms with Gasteiger partial charge < -0.3 is 30.6 Å². The molecule has 1 aromatic heterocycles. The van der Waals surface area contributed by atoms with Crippen molar-refractivity contribution >= 4 is 41.7 Å². The molecule has 0 saturated heterocycles. The van der Waals surface area contributed by atoms with E-state index in [9.17, 15) is 24.3 Å². The number of rotatable bonds is 10. The number of phenols is 1. The molecule has 2 fully saturated rings. The first-order chi connectivity index (χ1) is 21.6. The first-order valence-corrected chi connectivity index (χ1v) is 14.6. The van der Waals surface area contributed by atoms with Gasteiger partial charge in [-0.05, 0) is 80.5 Å². The van der Waals surface area contributed by atoms with E-state index >= 15 is 0 Å². The van der Waals surface area contributed by atoms with Crippen LogP contribution in [0.25, 0.3) is 0 Å². The number of amides is 3. The molecule has 3 amide bonds. The maximum atomic E-state index is 13.6. The van der Waals surface area contributed by atoms with Crippen molar-refractivity contribution in [1.82, 2.24) is 15.2 Å². The van der Waals surface area contributed by atoms with Gasteiger partial charge in [0.2, 0.25) is 6.79 Å². The fourth-order valence-corrected chi connectivity index (χ4v) is 4.60. The molecule has 5 rings (SSSR count). The third-order valence-corrected chi connectivity index (χ3v) is 7.46. The molecule has 0 atom stereocenters. The molecule has 3 aromatic rings. The van der Waals surface area contributed by atoms with Gasteiger partial charge >= 0.3 is 12.1 Å². The first-order valence-electron chi connectivity index (χ1n) is 14.6. The lowest BCUT2D eigenvalue weighted by atomic mass is 10.1. The van der Waals surface area contributed by atoms with Gasteiger partial charge in [-0.2, -0.15) is 0 Å². The van der Waals surface area contributed by atoms with Crippen LogP contribution in [-0.4, -0.2) is 69.9 Å². The Balaban J connectivity index is 1.29. The van der Waals surface area contributed by atoms with Gasteiger partial charge in [-0.25, -0.2) is 14.7 Å². The minimum Gasteiger partial charge on any atom is -0.508 e. The number of ether oxygens (including phenoxy) is 2. The topological polar surface area (TPSA) is 190 Å². The van der Waals surface area contributed by atoms with Crippen molar-refractivity contribution < 1.29 is 38.8 Å². The lowest BCUT2D eigenvalue weighted by molar-refractivity contribution is -0.309. The Bertz CT molecular complexity index is 1670. The van der Waals surface area contributed by atoms with Crippen LogP contribution in [0.3, 0.4) is 0 Å². The van der Waals surface area contributed by atoms with E-state index in [2.05, 4.69) is 15.3 Å². The molecule has 13 nitrogen and oxygen atoms in total. The lowest BCUT2D eigenvalue weighted by Gasteiger charge is -2.19. The van der Waals surface area contributed by atoms with E-state index in [1.165, 1.54) is 24.7 Å². The maximum Gasteiger partial charge on any atom is 0.419 e. The number of carbonyl (C=O) groups is 4. The minimum absolute atomic E-state index is 0.0721. The Morgan fingerprint density at radius 1 is 1.09 bits per heavy atom. The van der Waals surface area contributed by atoms with Crippen molar-refractivity contribution in [3.05, 3.63) is 82.2 Å². The number of benzene rings is 2. The summed E-state index contributed by atoms with van der Waals surface area (Å²) in [6.45, 7) is 2.92. The molecule has 0 unspecified atom stereocenters. The van der Waals surface area contributed by atoms with Crippen LogP contribution in [0.5, 0.6) is 5.75 Å². The van der Waals surface area contributed by atoms with Gasteiger partial charge in [0.25, 0.3) is 17.6 Å². The number of aromatic amines is 1. The molecule has 0 bridgehead atoms. The maximum absolute atomic E-state index is 13.6. The molecule has 6 N–H and O–H groups in total. The number of hydrogen-bond acceptors (Lipinski definition) is 8. The Labute approximate surface area is 259 Å². The van der Waals surface area contributed by atoms with E-state index < -0.39 is 24.8 Å². The number of amidine groups is 1. The summed E-state index contributed by atoms with van der Waals surface area (Å²) in [6.07, 6.45) is 4.87. The fraction of sp³-hybridized carbons (Fsp3) is 0.312. The summed E-state index contributed by atoms with van der Waals surface area (Å²) in [4.78, 5) is 63.0. The van der Waals surface area contributed by atoms with E-state index in [4.69, 9.17) is 20.2 Å². The number of esters is 1. The van der Waals surface area contributed by atoms with E-state index in [0.29, 0.717) is 46.7 Å². The van der Waals surface area contributed by atoms with Crippen LogP contribution in [0.15, 0.2) is 53.7 Å². The molecular formula is C32H35N6O7+. The Morgan fingerprint density at radius 3 is 2.49 bits per heavy atom. The number of imide groups is 1. The molecule has 13 heteroatoms. The molecule has 1 heterocycles. The molecule has 2 aliphatic rings. The van der Waals surface area contributed by atoms with Gasteiger partial charge in [0.05, 0.1) is 12.0 Å². The van der Waals surface area contributed by atoms with E-state index in [0.717, 1.165) is 23.3 Å². The van der Waals surface area contributed by atoms with Gasteiger partial charge in [0, 0.05) is 23.8 Å². The molecule has 0 spiro atoms. The highest BCUT2D eigenvalue weighted by atomic mass is 16.7. The molecule has 234 valence electrons. The molecule has 2 saturated carbocycles. The highest BCUT2D eigenvalue weighted by Gasteiger charge is 2.40. The standard InChI is InChI=1S/C32H34N6O7/c1-18-3-6-21(30(41)36-22-7-8-22)14-26(18)37-29(35-16-33)28-19(2)25(15-34-28)31(42)38(23-9-10-23)32(43)45-17-44-27(40)13-20-4-11-24(39)12-5-20/h3-6,11-12,14-16,22-23,34,39H,7-10,13,17H2,1-2H3,(H,36,41)(H2,33,35,37)/p+1. The summed E-state index contributed by atoms with van der Waals surface area (Å²) >= 11 is 0. The Kier molecular flexibility index (Phi) is 9.26. The Hall–Kier alpha value is -5.46. The van der Waals surface area contributed by atoms with Crippen LogP contribution in [-0.2, 0) is 20.7 Å². The minimum atomic E-state index is -0.929. The summed E-state index contributed by atoms with van der Waals surface area (Å²) in [5.41, 5.74) is 9.32. The zero-order valence-corrected chi connectivity index (χ0v) is 25.0. The summed E-state index contributed by atoms with van der Waals surface area (Å²) in [6, 6.07) is 11.2. The van der Waals surface area contributed by atoms with Crippen molar-refractivity contribution in [2.24, 2.45) is 10.7 Å². The van der Waals surface area contributed by atoms with Gasteiger partial charge in [-0.15, -0.1) is 4.99 Å². The molecule has 2 aromatic carbocycles. The number of aromatic hydroxyl groups is 1. The average molecular weight is 616 g/mol. The number of hydrogen-bond donors (Lipinski definition) is 5.